The van der Waals surface area contributed by atoms with Crippen LogP contribution < -0.4 is 4.74 Å². The number of para-hydroxylation sites is 1. The number of benzene rings is 2. The summed E-state index contributed by atoms with van der Waals surface area (Å²) in [5.74, 6) is 0.801. The Balaban J connectivity index is 1.99. The van der Waals surface area contributed by atoms with E-state index in [-0.39, 0.29) is 0 Å². The van der Waals surface area contributed by atoms with Gasteiger partial charge in [-0.2, -0.15) is 0 Å². The normalized spacial score (nSPS) is 12.1. The molecule has 1 unspecified atom stereocenters. The van der Waals surface area contributed by atoms with E-state index < -0.39 is 6.10 Å². The SMILES string of the molecule is CCCOc1ccccc1C(O)CCc1ccccc1. The van der Waals surface area contributed by atoms with Crippen LogP contribution in [-0.2, 0) is 6.42 Å². The quantitative estimate of drug-likeness (QED) is 0.819. The van der Waals surface area contributed by atoms with Crippen LogP contribution in [0, 0.1) is 0 Å². The molecule has 20 heavy (non-hydrogen) atoms. The number of rotatable bonds is 7. The molecule has 2 nitrogen and oxygen atoms in total. The Morgan fingerprint density at radius 1 is 1.00 bits per heavy atom. The molecule has 0 radical (unpaired) electrons. The summed E-state index contributed by atoms with van der Waals surface area (Å²) in [6.45, 7) is 2.76. The lowest BCUT2D eigenvalue weighted by molar-refractivity contribution is 0.161. The van der Waals surface area contributed by atoms with Crippen LogP contribution in [0.2, 0.25) is 0 Å². The van der Waals surface area contributed by atoms with Crippen molar-refractivity contribution in [2.45, 2.75) is 32.3 Å². The fourth-order valence-corrected chi connectivity index (χ4v) is 2.20. The predicted octanol–water partition coefficient (Wildman–Crippen LogP) is 4.14. The van der Waals surface area contributed by atoms with E-state index in [1.807, 2.05) is 42.5 Å². The second-order valence-electron chi connectivity index (χ2n) is 4.93. The molecule has 0 saturated heterocycles. The van der Waals surface area contributed by atoms with Crippen LogP contribution in [-0.4, -0.2) is 11.7 Å². The van der Waals surface area contributed by atoms with E-state index in [4.69, 9.17) is 4.74 Å². The molecule has 1 atom stereocenters. The molecule has 0 aromatic heterocycles. The van der Waals surface area contributed by atoms with Crippen molar-refractivity contribution in [1.29, 1.82) is 0 Å². The molecule has 0 aliphatic carbocycles. The van der Waals surface area contributed by atoms with Crippen molar-refractivity contribution in [2.24, 2.45) is 0 Å². The molecule has 2 rings (SSSR count). The second-order valence-corrected chi connectivity index (χ2v) is 4.93. The van der Waals surface area contributed by atoms with Crippen molar-refractivity contribution >= 4 is 0 Å². The maximum absolute atomic E-state index is 10.4. The largest absolute Gasteiger partial charge is 0.493 e. The van der Waals surface area contributed by atoms with Gasteiger partial charge in [0.25, 0.3) is 0 Å². The molecule has 2 heteroatoms. The first-order valence-electron chi connectivity index (χ1n) is 7.25. The van der Waals surface area contributed by atoms with Gasteiger partial charge in [-0.1, -0.05) is 55.5 Å². The number of ether oxygens (including phenoxy) is 1. The predicted molar refractivity (Wildman–Crippen MR) is 82.0 cm³/mol. The molecule has 0 aliphatic rings. The smallest absolute Gasteiger partial charge is 0.125 e. The van der Waals surface area contributed by atoms with Crippen LogP contribution >= 0.6 is 0 Å². The minimum absolute atomic E-state index is 0.483. The first-order valence-corrected chi connectivity index (χ1v) is 7.25. The summed E-state index contributed by atoms with van der Waals surface area (Å²) in [6.07, 6.45) is 2.05. The molecule has 0 saturated carbocycles. The van der Waals surface area contributed by atoms with Crippen LogP contribution in [0.25, 0.3) is 0 Å². The van der Waals surface area contributed by atoms with E-state index in [1.165, 1.54) is 5.56 Å². The summed E-state index contributed by atoms with van der Waals surface area (Å²) in [5.41, 5.74) is 2.13. The maximum atomic E-state index is 10.4. The lowest BCUT2D eigenvalue weighted by Gasteiger charge is -2.16. The first kappa shape index (κ1) is 14.6. The van der Waals surface area contributed by atoms with Gasteiger partial charge < -0.3 is 9.84 Å². The molecule has 0 fully saturated rings. The highest BCUT2D eigenvalue weighted by molar-refractivity contribution is 5.35. The zero-order valence-electron chi connectivity index (χ0n) is 12.0. The lowest BCUT2D eigenvalue weighted by atomic mass is 10.0. The molecule has 2 aromatic carbocycles. The number of hydrogen-bond donors (Lipinski definition) is 1. The minimum atomic E-state index is -0.483. The Kier molecular flexibility index (Phi) is 5.63. The van der Waals surface area contributed by atoms with E-state index >= 15 is 0 Å². The van der Waals surface area contributed by atoms with Gasteiger partial charge in [-0.05, 0) is 30.9 Å². The van der Waals surface area contributed by atoms with Crippen molar-refractivity contribution in [3.05, 3.63) is 65.7 Å². The van der Waals surface area contributed by atoms with Crippen molar-refractivity contribution in [1.82, 2.24) is 0 Å². The molecule has 1 N–H and O–H groups in total. The molecular formula is C18H22O2. The van der Waals surface area contributed by atoms with Gasteiger partial charge in [0.2, 0.25) is 0 Å². The highest BCUT2D eigenvalue weighted by Crippen LogP contribution is 2.28. The molecule has 0 amide bonds. The lowest BCUT2D eigenvalue weighted by Crippen LogP contribution is -2.04. The van der Waals surface area contributed by atoms with Crippen LogP contribution in [0.5, 0.6) is 5.75 Å². The summed E-state index contributed by atoms with van der Waals surface area (Å²) in [6, 6.07) is 18.0. The number of aliphatic hydroxyl groups excluding tert-OH is 1. The molecule has 0 spiro atoms. The van der Waals surface area contributed by atoms with E-state index in [9.17, 15) is 5.11 Å². The Hall–Kier alpha value is -1.80. The molecular weight excluding hydrogens is 248 g/mol. The summed E-state index contributed by atoms with van der Waals surface area (Å²) in [4.78, 5) is 0. The Labute approximate surface area is 121 Å². The summed E-state index contributed by atoms with van der Waals surface area (Å²) in [7, 11) is 0. The van der Waals surface area contributed by atoms with Gasteiger partial charge >= 0.3 is 0 Å². The zero-order valence-corrected chi connectivity index (χ0v) is 12.0. The third-order valence-electron chi connectivity index (χ3n) is 3.29. The minimum Gasteiger partial charge on any atom is -0.493 e. The topological polar surface area (TPSA) is 29.5 Å². The van der Waals surface area contributed by atoms with Crippen molar-refractivity contribution in [3.8, 4) is 5.75 Å². The van der Waals surface area contributed by atoms with Gasteiger partial charge in [-0.15, -0.1) is 0 Å². The Morgan fingerprint density at radius 2 is 1.70 bits per heavy atom. The van der Waals surface area contributed by atoms with Gasteiger partial charge in [0.15, 0.2) is 0 Å². The summed E-state index contributed by atoms with van der Waals surface area (Å²) in [5, 5.41) is 10.4. The van der Waals surface area contributed by atoms with Gasteiger partial charge in [0.1, 0.15) is 5.75 Å². The third-order valence-corrected chi connectivity index (χ3v) is 3.29. The van der Waals surface area contributed by atoms with Crippen LogP contribution in [0.15, 0.2) is 54.6 Å². The van der Waals surface area contributed by atoms with E-state index in [1.54, 1.807) is 0 Å². The average molecular weight is 270 g/mol. The molecule has 0 bridgehead atoms. The third kappa shape index (κ3) is 4.10. The van der Waals surface area contributed by atoms with Crippen molar-refractivity contribution in [2.75, 3.05) is 6.61 Å². The number of hydrogen-bond acceptors (Lipinski definition) is 2. The van der Waals surface area contributed by atoms with Gasteiger partial charge in [0.05, 0.1) is 12.7 Å². The molecule has 0 aliphatic heterocycles. The molecule has 2 aromatic rings. The molecule has 0 heterocycles. The van der Waals surface area contributed by atoms with Crippen LogP contribution in [0.1, 0.15) is 37.0 Å². The zero-order chi connectivity index (χ0) is 14.2. The fourth-order valence-electron chi connectivity index (χ4n) is 2.20. The number of aliphatic hydroxyl groups is 1. The summed E-state index contributed by atoms with van der Waals surface area (Å²) < 4.78 is 5.70. The standard InChI is InChI=1S/C18H22O2/c1-2-14-20-18-11-7-6-10-16(18)17(19)13-12-15-8-4-3-5-9-15/h3-11,17,19H,2,12-14H2,1H3. The van der Waals surface area contributed by atoms with Gasteiger partial charge in [-0.3, -0.25) is 0 Å². The van der Waals surface area contributed by atoms with E-state index in [0.29, 0.717) is 13.0 Å². The highest BCUT2D eigenvalue weighted by atomic mass is 16.5. The van der Waals surface area contributed by atoms with Gasteiger partial charge in [-0.25, -0.2) is 0 Å². The summed E-state index contributed by atoms with van der Waals surface area (Å²) >= 11 is 0. The average Bonchev–Trinajstić information content (AvgIpc) is 2.52. The van der Waals surface area contributed by atoms with E-state index in [0.717, 1.165) is 24.2 Å². The maximum Gasteiger partial charge on any atom is 0.125 e. The highest BCUT2D eigenvalue weighted by Gasteiger charge is 2.13. The second kappa shape index (κ2) is 7.71. The molecule has 106 valence electrons. The number of aryl methyl sites for hydroxylation is 1. The van der Waals surface area contributed by atoms with Crippen molar-refractivity contribution in [3.63, 3.8) is 0 Å². The Morgan fingerprint density at radius 3 is 2.45 bits per heavy atom. The fraction of sp³-hybridized carbons (Fsp3) is 0.333. The first-order chi connectivity index (χ1) is 9.81. The van der Waals surface area contributed by atoms with Crippen LogP contribution in [0.4, 0.5) is 0 Å². The van der Waals surface area contributed by atoms with Gasteiger partial charge in [0, 0.05) is 5.56 Å². The van der Waals surface area contributed by atoms with Crippen molar-refractivity contribution < 1.29 is 9.84 Å². The van der Waals surface area contributed by atoms with E-state index in [2.05, 4.69) is 19.1 Å². The Bertz CT molecular complexity index is 508. The monoisotopic (exact) mass is 270 g/mol. The van der Waals surface area contributed by atoms with Crippen LogP contribution in [0.3, 0.4) is 0 Å².